The summed E-state index contributed by atoms with van der Waals surface area (Å²) in [5, 5.41) is 7.69. The molecule has 2 aromatic rings. The molecule has 0 aromatic carbocycles. The molecule has 2 aromatic heterocycles. The van der Waals surface area contributed by atoms with Crippen molar-refractivity contribution < 1.29 is 14.3 Å². The zero-order valence-electron chi connectivity index (χ0n) is 16.4. The summed E-state index contributed by atoms with van der Waals surface area (Å²) in [6.45, 7) is 1.42. The van der Waals surface area contributed by atoms with Gasteiger partial charge in [0.05, 0.1) is 19.3 Å². The smallest absolute Gasteiger partial charge is 0.314 e. The summed E-state index contributed by atoms with van der Waals surface area (Å²) in [6.07, 6.45) is 3.71. The van der Waals surface area contributed by atoms with E-state index in [1.54, 1.807) is 20.4 Å². The number of carbonyl (C=O) groups excluding carboxylic acids is 1. The molecule has 1 N–H and O–H groups in total. The van der Waals surface area contributed by atoms with Crippen LogP contribution in [0.4, 0.5) is 5.82 Å². The normalized spacial score (nSPS) is 26.8. The first-order chi connectivity index (χ1) is 13.6. The Hall–Kier alpha value is -2.68. The van der Waals surface area contributed by atoms with Crippen LogP contribution >= 0.6 is 0 Å². The molecule has 1 amide bonds. The van der Waals surface area contributed by atoms with Crippen molar-refractivity contribution in [1.29, 1.82) is 0 Å². The summed E-state index contributed by atoms with van der Waals surface area (Å²) >= 11 is 0. The molecule has 0 bridgehead atoms. The Morgan fingerprint density at radius 2 is 2.00 bits per heavy atom. The van der Waals surface area contributed by atoms with Crippen molar-refractivity contribution in [3.8, 4) is 6.01 Å². The van der Waals surface area contributed by atoms with E-state index in [0.29, 0.717) is 30.9 Å². The number of hydrogen-bond acceptors (Lipinski definition) is 7. The zero-order valence-corrected chi connectivity index (χ0v) is 16.4. The first-order valence-electron chi connectivity index (χ1n) is 9.53. The summed E-state index contributed by atoms with van der Waals surface area (Å²) in [4.78, 5) is 23.3. The largest absolute Gasteiger partial charge is 0.467 e. The van der Waals surface area contributed by atoms with Crippen LogP contribution in [0.2, 0.25) is 0 Å². The molecule has 4 atom stereocenters. The molecule has 4 rings (SSSR count). The van der Waals surface area contributed by atoms with Crippen molar-refractivity contribution >= 4 is 11.7 Å². The molecule has 0 unspecified atom stereocenters. The van der Waals surface area contributed by atoms with Crippen molar-refractivity contribution in [3.63, 3.8) is 0 Å². The highest BCUT2D eigenvalue weighted by atomic mass is 16.5. The van der Waals surface area contributed by atoms with Crippen LogP contribution in [0, 0.1) is 11.8 Å². The van der Waals surface area contributed by atoms with Crippen LogP contribution in [-0.2, 0) is 11.8 Å². The van der Waals surface area contributed by atoms with Gasteiger partial charge in [0.15, 0.2) is 0 Å². The number of likely N-dealkylation sites (tertiary alicyclic amines) is 1. The van der Waals surface area contributed by atoms with Crippen molar-refractivity contribution in [2.24, 2.45) is 18.9 Å². The Balaban J connectivity index is 1.45. The molecule has 1 saturated heterocycles. The number of anilines is 1. The Kier molecular flexibility index (Phi) is 5.17. The number of rotatable bonds is 5. The van der Waals surface area contributed by atoms with Gasteiger partial charge in [-0.3, -0.25) is 4.79 Å². The minimum atomic E-state index is -0.142. The third kappa shape index (κ3) is 3.54. The third-order valence-corrected chi connectivity index (χ3v) is 5.80. The molecule has 2 fully saturated rings. The molecule has 1 aliphatic carbocycles. The van der Waals surface area contributed by atoms with E-state index in [1.807, 2.05) is 23.1 Å². The van der Waals surface area contributed by atoms with E-state index in [4.69, 9.17) is 9.47 Å². The zero-order chi connectivity index (χ0) is 19.7. The molecule has 9 heteroatoms. The maximum absolute atomic E-state index is 12.9. The quantitative estimate of drug-likeness (QED) is 0.825. The molecule has 9 nitrogen and oxygen atoms in total. The van der Waals surface area contributed by atoms with Gasteiger partial charge in [0.2, 0.25) is 5.82 Å². The fourth-order valence-electron chi connectivity index (χ4n) is 4.41. The van der Waals surface area contributed by atoms with Crippen LogP contribution in [-0.4, -0.2) is 70.0 Å². The Labute approximate surface area is 164 Å². The number of aryl methyl sites for hydroxylation is 1. The molecule has 2 aliphatic rings. The molecule has 1 aliphatic heterocycles. The average Bonchev–Trinajstić information content (AvgIpc) is 3.30. The van der Waals surface area contributed by atoms with Gasteiger partial charge in [-0.2, -0.15) is 4.98 Å². The fourth-order valence-corrected chi connectivity index (χ4v) is 4.41. The lowest BCUT2D eigenvalue weighted by Gasteiger charge is -2.37. The Morgan fingerprint density at radius 1 is 1.21 bits per heavy atom. The van der Waals surface area contributed by atoms with Crippen LogP contribution in [0.1, 0.15) is 23.5 Å². The van der Waals surface area contributed by atoms with E-state index < -0.39 is 0 Å². The molecule has 1 saturated carbocycles. The highest BCUT2D eigenvalue weighted by molar-refractivity contribution is 5.90. The minimum Gasteiger partial charge on any atom is -0.467 e. The molecular formula is C19H26N6O3. The number of carbonyl (C=O) groups is 1. The second-order valence-corrected chi connectivity index (χ2v) is 7.49. The van der Waals surface area contributed by atoms with Gasteiger partial charge in [0.1, 0.15) is 5.82 Å². The van der Waals surface area contributed by atoms with Gasteiger partial charge in [-0.1, -0.05) is 6.07 Å². The molecule has 28 heavy (non-hydrogen) atoms. The third-order valence-electron chi connectivity index (χ3n) is 5.80. The second kappa shape index (κ2) is 7.75. The average molecular weight is 386 g/mol. The van der Waals surface area contributed by atoms with Crippen LogP contribution in [0.25, 0.3) is 0 Å². The first-order valence-corrected chi connectivity index (χ1v) is 9.53. The maximum atomic E-state index is 12.9. The van der Waals surface area contributed by atoms with Gasteiger partial charge in [0.25, 0.3) is 5.91 Å². The van der Waals surface area contributed by atoms with E-state index >= 15 is 0 Å². The minimum absolute atomic E-state index is 0.0892. The van der Waals surface area contributed by atoms with Gasteiger partial charge in [-0.15, -0.1) is 5.10 Å². The molecule has 3 heterocycles. The van der Waals surface area contributed by atoms with E-state index in [9.17, 15) is 4.79 Å². The molecule has 0 spiro atoms. The van der Waals surface area contributed by atoms with Crippen LogP contribution < -0.4 is 10.1 Å². The van der Waals surface area contributed by atoms with Gasteiger partial charge in [-0.25, -0.2) is 9.67 Å². The maximum Gasteiger partial charge on any atom is 0.314 e. The summed E-state index contributed by atoms with van der Waals surface area (Å²) in [5.74, 6) is 1.73. The highest BCUT2D eigenvalue weighted by Crippen LogP contribution is 2.38. The number of methoxy groups -OCH3 is 2. The Morgan fingerprint density at radius 3 is 2.64 bits per heavy atom. The van der Waals surface area contributed by atoms with Crippen molar-refractivity contribution in [2.75, 3.05) is 32.6 Å². The number of amides is 1. The standard InChI is InChI=1S/C19H26N6O3/c1-24-19(28-3)22-17(23-24)18(26)25-10-12-8-14(15(27-2)9-13(12)11-25)21-16-6-4-5-7-20-16/h4-7,12-15H,8-11H2,1-3H3,(H,20,21)/t12-,13+,14-,15-/m1/s1. The lowest BCUT2D eigenvalue weighted by Crippen LogP contribution is -2.44. The Bertz CT molecular complexity index is 826. The number of nitrogens with one attached hydrogen (secondary N) is 1. The summed E-state index contributed by atoms with van der Waals surface area (Å²) in [5.41, 5.74) is 0. The van der Waals surface area contributed by atoms with E-state index in [2.05, 4.69) is 20.4 Å². The van der Waals surface area contributed by atoms with Gasteiger partial charge in [0, 0.05) is 33.4 Å². The highest BCUT2D eigenvalue weighted by Gasteiger charge is 2.44. The number of fused-ring (bicyclic) bond motifs is 1. The lowest BCUT2D eigenvalue weighted by atomic mass is 9.77. The number of pyridine rings is 1. The van der Waals surface area contributed by atoms with Crippen molar-refractivity contribution in [3.05, 3.63) is 30.2 Å². The fraction of sp³-hybridized carbons (Fsp3) is 0.579. The molecular weight excluding hydrogens is 360 g/mol. The lowest BCUT2D eigenvalue weighted by molar-refractivity contribution is 0.0304. The number of ether oxygens (including phenoxy) is 2. The topological polar surface area (TPSA) is 94.4 Å². The number of aromatic nitrogens is 4. The van der Waals surface area contributed by atoms with Crippen molar-refractivity contribution in [1.82, 2.24) is 24.6 Å². The van der Waals surface area contributed by atoms with Gasteiger partial charge in [-0.05, 0) is 36.8 Å². The number of nitrogens with zero attached hydrogens (tertiary/aromatic N) is 5. The summed E-state index contributed by atoms with van der Waals surface area (Å²) < 4.78 is 12.4. The monoisotopic (exact) mass is 386 g/mol. The van der Waals surface area contributed by atoms with E-state index in [-0.39, 0.29) is 23.9 Å². The van der Waals surface area contributed by atoms with E-state index in [1.165, 1.54) is 11.8 Å². The van der Waals surface area contributed by atoms with Gasteiger partial charge < -0.3 is 19.7 Å². The van der Waals surface area contributed by atoms with Crippen LogP contribution in [0.3, 0.4) is 0 Å². The number of hydrogen-bond donors (Lipinski definition) is 1. The molecule has 150 valence electrons. The first kappa shape index (κ1) is 18.7. The van der Waals surface area contributed by atoms with E-state index in [0.717, 1.165) is 18.7 Å². The second-order valence-electron chi connectivity index (χ2n) is 7.49. The SMILES string of the molecule is COc1nc(C(=O)N2C[C@H]3C[C@@H](Nc4ccccn4)[C@H](OC)C[C@H]3C2)nn1C. The predicted octanol–water partition coefficient (Wildman–Crippen LogP) is 1.20. The van der Waals surface area contributed by atoms with Crippen LogP contribution in [0.5, 0.6) is 6.01 Å². The molecule has 0 radical (unpaired) electrons. The predicted molar refractivity (Wildman–Crippen MR) is 102 cm³/mol. The van der Waals surface area contributed by atoms with Crippen molar-refractivity contribution in [2.45, 2.75) is 25.0 Å². The summed E-state index contributed by atoms with van der Waals surface area (Å²) in [7, 11) is 4.98. The van der Waals surface area contributed by atoms with Crippen LogP contribution in [0.15, 0.2) is 24.4 Å². The van der Waals surface area contributed by atoms with Gasteiger partial charge >= 0.3 is 6.01 Å². The summed E-state index contributed by atoms with van der Waals surface area (Å²) in [6, 6.07) is 6.33.